The highest BCUT2D eigenvalue weighted by molar-refractivity contribution is 6.35. The highest BCUT2D eigenvalue weighted by atomic mass is 35.5. The third kappa shape index (κ3) is 7.20. The first-order valence-electron chi connectivity index (χ1n) is 13.6. The normalized spacial score (nSPS) is 13.7. The van der Waals surface area contributed by atoms with Crippen molar-refractivity contribution in [2.45, 2.75) is 33.9 Å². The molecule has 0 saturated heterocycles. The Morgan fingerprint density at radius 2 is 1.77 bits per heavy atom. The second-order valence-electron chi connectivity index (χ2n) is 9.99. The van der Waals surface area contributed by atoms with Crippen LogP contribution in [0.2, 0.25) is 5.02 Å². The number of amides is 4. The van der Waals surface area contributed by atoms with Crippen molar-refractivity contribution in [1.82, 2.24) is 15.2 Å². The predicted octanol–water partition coefficient (Wildman–Crippen LogP) is 6.51. The van der Waals surface area contributed by atoms with Gasteiger partial charge < -0.3 is 31.2 Å². The second kappa shape index (κ2) is 12.9. The number of fused-ring (bicyclic) bond motifs is 1. The fraction of sp³-hybridized carbons (Fsp3) is 0.300. The average Bonchev–Trinajstić information content (AvgIpc) is 3.40. The van der Waals surface area contributed by atoms with Gasteiger partial charge in [0.15, 0.2) is 0 Å². The number of benzene rings is 2. The van der Waals surface area contributed by atoms with Crippen LogP contribution in [0.25, 0.3) is 11.6 Å². The van der Waals surface area contributed by atoms with Gasteiger partial charge >= 0.3 is 12.2 Å². The smallest absolute Gasteiger partial charge is 0.358 e. The van der Waals surface area contributed by atoms with Gasteiger partial charge in [0.25, 0.3) is 11.8 Å². The average molecular weight is 617 g/mol. The molecule has 0 spiro atoms. The van der Waals surface area contributed by atoms with Gasteiger partial charge in [0.2, 0.25) is 0 Å². The van der Waals surface area contributed by atoms with E-state index in [1.54, 1.807) is 31.2 Å². The van der Waals surface area contributed by atoms with Crippen molar-refractivity contribution < 1.29 is 27.6 Å². The molecule has 0 radical (unpaired) electrons. The maximum atomic E-state index is 12.9. The number of anilines is 3. The summed E-state index contributed by atoms with van der Waals surface area (Å²) < 4.78 is 38.6. The lowest BCUT2D eigenvalue weighted by Crippen LogP contribution is -2.35. The quantitative estimate of drug-likeness (QED) is 0.176. The molecule has 0 aliphatic carbocycles. The zero-order valence-electron chi connectivity index (χ0n) is 24.1. The van der Waals surface area contributed by atoms with E-state index in [1.165, 1.54) is 0 Å². The summed E-state index contributed by atoms with van der Waals surface area (Å²) in [5, 5.41) is 10.5. The molecule has 1 aromatic heterocycles. The van der Waals surface area contributed by atoms with Crippen molar-refractivity contribution in [3.8, 4) is 0 Å². The molecule has 4 rings (SSSR count). The van der Waals surface area contributed by atoms with Gasteiger partial charge in [-0.05, 0) is 68.9 Å². The molecule has 9 nitrogen and oxygen atoms in total. The summed E-state index contributed by atoms with van der Waals surface area (Å²) in [5.74, 6) is -0.545. The summed E-state index contributed by atoms with van der Waals surface area (Å²) in [6.45, 7) is 10.8. The number of nitrogens with one attached hydrogen (secondary N) is 5. The molecule has 2 heterocycles. The minimum atomic E-state index is -4.56. The Morgan fingerprint density at radius 1 is 1.05 bits per heavy atom. The number of alkyl halides is 3. The lowest BCUT2D eigenvalue weighted by atomic mass is 10.0. The summed E-state index contributed by atoms with van der Waals surface area (Å²) in [7, 11) is 0. The monoisotopic (exact) mass is 616 g/mol. The molecule has 1 aliphatic heterocycles. The SMILES string of the molecule is CCN(CC)CCNC(=O)c1c(C)[nH]c(/C=C2\C(=O)Nc3cc(NC(=O)Nc4ccc(C(F)(F)F)cc4Cl)ccc32)c1C. The first-order chi connectivity index (χ1) is 20.3. The predicted molar refractivity (Wildman–Crippen MR) is 162 cm³/mol. The van der Waals surface area contributed by atoms with Crippen molar-refractivity contribution in [1.29, 1.82) is 0 Å². The number of hydrogen-bond acceptors (Lipinski definition) is 4. The molecule has 5 N–H and O–H groups in total. The molecule has 0 fully saturated rings. The van der Waals surface area contributed by atoms with Crippen molar-refractivity contribution in [2.75, 3.05) is 42.1 Å². The first kappa shape index (κ1) is 31.6. The fourth-order valence-electron chi connectivity index (χ4n) is 4.85. The number of carbonyl (C=O) groups excluding carboxylic acids is 3. The van der Waals surface area contributed by atoms with Crippen molar-refractivity contribution >= 4 is 58.2 Å². The number of carbonyl (C=O) groups is 3. The number of hydrogen-bond donors (Lipinski definition) is 5. The highest BCUT2D eigenvalue weighted by Gasteiger charge is 2.31. The molecule has 43 heavy (non-hydrogen) atoms. The van der Waals surface area contributed by atoms with Gasteiger partial charge in [0.05, 0.1) is 33.1 Å². The van der Waals surface area contributed by atoms with E-state index in [-0.39, 0.29) is 22.5 Å². The minimum Gasteiger partial charge on any atom is -0.358 e. The Hall–Kier alpha value is -4.29. The number of aryl methyl sites for hydroxylation is 1. The number of halogens is 4. The Bertz CT molecular complexity index is 1590. The molecule has 3 aromatic rings. The van der Waals surface area contributed by atoms with Gasteiger partial charge in [-0.2, -0.15) is 13.2 Å². The zero-order chi connectivity index (χ0) is 31.5. The van der Waals surface area contributed by atoms with E-state index in [4.69, 9.17) is 11.6 Å². The van der Waals surface area contributed by atoms with Gasteiger partial charge in [0.1, 0.15) is 0 Å². The molecule has 0 bridgehead atoms. The van der Waals surface area contributed by atoms with Crippen LogP contribution in [0.1, 0.15) is 52.3 Å². The van der Waals surface area contributed by atoms with E-state index in [1.807, 2.05) is 6.92 Å². The number of rotatable bonds is 9. The van der Waals surface area contributed by atoms with Gasteiger partial charge in [0, 0.05) is 35.7 Å². The van der Waals surface area contributed by atoms with Crippen LogP contribution in [0.4, 0.5) is 35.0 Å². The molecule has 228 valence electrons. The summed E-state index contributed by atoms with van der Waals surface area (Å²) in [6.07, 6.45) is -2.88. The molecular formula is C30H32ClF3N6O3. The molecule has 1 aliphatic rings. The number of aromatic nitrogens is 1. The van der Waals surface area contributed by atoms with Crippen LogP contribution in [0.3, 0.4) is 0 Å². The van der Waals surface area contributed by atoms with Gasteiger partial charge in [-0.25, -0.2) is 4.79 Å². The molecule has 2 aromatic carbocycles. The standard InChI is InChI=1S/C30H32ClF3N6O3/c1-5-40(6-2)12-11-35-28(42)26-16(3)24(36-17(26)4)15-21-20-9-8-19(14-25(20)38-27(21)41)37-29(43)39-23-10-7-18(13-22(23)31)30(32,33)34/h7-10,13-15,36H,5-6,11-12H2,1-4H3,(H,35,42)(H,38,41)(H2,37,39,43)/b21-15-. The van der Waals surface area contributed by atoms with Gasteiger partial charge in [-0.15, -0.1) is 0 Å². The van der Waals surface area contributed by atoms with E-state index >= 15 is 0 Å². The van der Waals surface area contributed by atoms with E-state index in [2.05, 4.69) is 45.0 Å². The summed E-state index contributed by atoms with van der Waals surface area (Å²) in [4.78, 5) is 43.7. The Kier molecular flexibility index (Phi) is 9.51. The molecular weight excluding hydrogens is 585 g/mol. The van der Waals surface area contributed by atoms with Crippen molar-refractivity contribution in [2.24, 2.45) is 0 Å². The van der Waals surface area contributed by atoms with Gasteiger partial charge in [-0.1, -0.05) is 31.5 Å². The van der Waals surface area contributed by atoms with E-state index < -0.39 is 17.8 Å². The maximum absolute atomic E-state index is 12.9. The van der Waals surface area contributed by atoms with Gasteiger partial charge in [-0.3, -0.25) is 9.59 Å². The van der Waals surface area contributed by atoms with E-state index in [0.717, 1.165) is 37.8 Å². The lowest BCUT2D eigenvalue weighted by molar-refractivity contribution is -0.137. The number of H-pyrrole nitrogens is 1. The van der Waals surface area contributed by atoms with E-state index in [0.29, 0.717) is 51.6 Å². The summed E-state index contributed by atoms with van der Waals surface area (Å²) in [6, 6.07) is 6.68. The lowest BCUT2D eigenvalue weighted by Gasteiger charge is -2.18. The summed E-state index contributed by atoms with van der Waals surface area (Å²) >= 11 is 5.92. The number of urea groups is 1. The minimum absolute atomic E-state index is 0.000373. The van der Waals surface area contributed by atoms with Crippen LogP contribution in [0.15, 0.2) is 36.4 Å². The Morgan fingerprint density at radius 3 is 2.42 bits per heavy atom. The molecule has 13 heteroatoms. The second-order valence-corrected chi connectivity index (χ2v) is 10.4. The molecule has 0 atom stereocenters. The largest absolute Gasteiger partial charge is 0.416 e. The number of likely N-dealkylation sites (N-methyl/N-ethyl adjacent to an activating group) is 1. The Labute approximate surface area is 251 Å². The van der Waals surface area contributed by atoms with Crippen LogP contribution in [-0.2, 0) is 11.0 Å². The van der Waals surface area contributed by atoms with Crippen LogP contribution in [0, 0.1) is 13.8 Å². The maximum Gasteiger partial charge on any atom is 0.416 e. The zero-order valence-corrected chi connectivity index (χ0v) is 24.8. The number of nitrogens with zero attached hydrogens (tertiary/aromatic N) is 1. The topological polar surface area (TPSA) is 118 Å². The van der Waals surface area contributed by atoms with Crippen LogP contribution in [-0.4, -0.2) is 53.9 Å². The van der Waals surface area contributed by atoms with E-state index in [9.17, 15) is 27.6 Å². The fourth-order valence-corrected chi connectivity index (χ4v) is 5.08. The summed E-state index contributed by atoms with van der Waals surface area (Å²) in [5.41, 5.74) is 3.37. The highest BCUT2D eigenvalue weighted by Crippen LogP contribution is 2.36. The molecule has 0 saturated carbocycles. The third-order valence-electron chi connectivity index (χ3n) is 7.20. The Balaban J connectivity index is 1.47. The number of aromatic amines is 1. The molecule has 4 amide bonds. The van der Waals surface area contributed by atoms with Crippen molar-refractivity contribution in [3.05, 3.63) is 75.1 Å². The first-order valence-corrected chi connectivity index (χ1v) is 14.0. The molecule has 0 unspecified atom stereocenters. The van der Waals surface area contributed by atoms with Crippen LogP contribution >= 0.6 is 11.6 Å². The van der Waals surface area contributed by atoms with Crippen LogP contribution in [0.5, 0.6) is 0 Å². The third-order valence-corrected chi connectivity index (χ3v) is 7.52. The van der Waals surface area contributed by atoms with Crippen molar-refractivity contribution in [3.63, 3.8) is 0 Å². The van der Waals surface area contributed by atoms with Crippen LogP contribution < -0.4 is 21.3 Å².